The SMILES string of the molecule is CCNC(=NCC(c1ccccc1)N1CCCC1)NCC1CCCN(CC)C1. The highest BCUT2D eigenvalue weighted by Crippen LogP contribution is 2.25. The average molecular weight is 386 g/mol. The van der Waals surface area contributed by atoms with Gasteiger partial charge in [-0.1, -0.05) is 37.3 Å². The second-order valence-electron chi connectivity index (χ2n) is 8.17. The van der Waals surface area contributed by atoms with Gasteiger partial charge in [0.05, 0.1) is 12.6 Å². The molecule has 2 aliphatic rings. The van der Waals surface area contributed by atoms with Crippen molar-refractivity contribution in [3.05, 3.63) is 35.9 Å². The fourth-order valence-electron chi connectivity index (χ4n) is 4.53. The quantitative estimate of drug-likeness (QED) is 0.533. The van der Waals surface area contributed by atoms with Gasteiger partial charge in [-0.3, -0.25) is 9.89 Å². The van der Waals surface area contributed by atoms with Crippen LogP contribution >= 0.6 is 0 Å². The van der Waals surface area contributed by atoms with Crippen molar-refractivity contribution in [3.63, 3.8) is 0 Å². The number of hydrogen-bond acceptors (Lipinski definition) is 3. The molecule has 0 spiro atoms. The molecule has 0 radical (unpaired) electrons. The molecule has 2 unspecified atom stereocenters. The molecule has 5 nitrogen and oxygen atoms in total. The first-order chi connectivity index (χ1) is 13.8. The van der Waals surface area contributed by atoms with Crippen molar-refractivity contribution in [2.45, 2.75) is 45.6 Å². The maximum Gasteiger partial charge on any atom is 0.191 e. The van der Waals surface area contributed by atoms with Crippen LogP contribution in [0.2, 0.25) is 0 Å². The second-order valence-corrected chi connectivity index (χ2v) is 8.17. The summed E-state index contributed by atoms with van der Waals surface area (Å²) in [5.74, 6) is 1.69. The van der Waals surface area contributed by atoms with Gasteiger partial charge >= 0.3 is 0 Å². The Labute approximate surface area is 171 Å². The highest BCUT2D eigenvalue weighted by molar-refractivity contribution is 5.79. The first-order valence-corrected chi connectivity index (χ1v) is 11.3. The summed E-state index contributed by atoms with van der Waals surface area (Å²) in [5, 5.41) is 7.08. The Kier molecular flexibility index (Phi) is 8.62. The van der Waals surface area contributed by atoms with Gasteiger partial charge in [0.1, 0.15) is 0 Å². The van der Waals surface area contributed by atoms with E-state index in [1.807, 2.05) is 0 Å². The molecule has 28 heavy (non-hydrogen) atoms. The molecule has 1 aromatic rings. The third-order valence-electron chi connectivity index (χ3n) is 6.14. The minimum atomic E-state index is 0.379. The smallest absolute Gasteiger partial charge is 0.191 e. The highest BCUT2D eigenvalue weighted by atomic mass is 15.2. The Morgan fingerprint density at radius 2 is 1.86 bits per heavy atom. The first-order valence-electron chi connectivity index (χ1n) is 11.3. The lowest BCUT2D eigenvalue weighted by Gasteiger charge is -2.32. The van der Waals surface area contributed by atoms with E-state index in [0.29, 0.717) is 6.04 Å². The molecule has 3 rings (SSSR count). The number of guanidine groups is 1. The van der Waals surface area contributed by atoms with E-state index >= 15 is 0 Å². The van der Waals surface area contributed by atoms with Crippen LogP contribution in [0.4, 0.5) is 0 Å². The van der Waals surface area contributed by atoms with E-state index in [1.165, 1.54) is 64.0 Å². The molecule has 2 heterocycles. The van der Waals surface area contributed by atoms with Gasteiger partial charge in [-0.15, -0.1) is 0 Å². The molecule has 0 bridgehead atoms. The largest absolute Gasteiger partial charge is 0.357 e. The minimum absolute atomic E-state index is 0.379. The molecule has 2 saturated heterocycles. The Balaban J connectivity index is 1.61. The van der Waals surface area contributed by atoms with Crippen molar-refractivity contribution in [3.8, 4) is 0 Å². The number of nitrogens with zero attached hydrogens (tertiary/aromatic N) is 3. The number of hydrogen-bond donors (Lipinski definition) is 2. The molecule has 2 aliphatic heterocycles. The molecule has 0 aliphatic carbocycles. The number of piperidine rings is 1. The summed E-state index contributed by atoms with van der Waals surface area (Å²) in [6.45, 7) is 13.2. The zero-order valence-corrected chi connectivity index (χ0v) is 17.9. The van der Waals surface area contributed by atoms with Gasteiger partial charge in [-0.05, 0) is 70.3 Å². The van der Waals surface area contributed by atoms with Crippen molar-refractivity contribution in [1.29, 1.82) is 0 Å². The zero-order valence-electron chi connectivity index (χ0n) is 17.9. The van der Waals surface area contributed by atoms with E-state index in [1.54, 1.807) is 0 Å². The number of aliphatic imine (C=N–C) groups is 1. The Morgan fingerprint density at radius 1 is 1.07 bits per heavy atom. The van der Waals surface area contributed by atoms with E-state index in [0.717, 1.165) is 31.5 Å². The van der Waals surface area contributed by atoms with Crippen LogP contribution in [0.3, 0.4) is 0 Å². The predicted molar refractivity (Wildman–Crippen MR) is 119 cm³/mol. The maximum absolute atomic E-state index is 5.00. The summed E-state index contributed by atoms with van der Waals surface area (Å²) in [6.07, 6.45) is 5.25. The fourth-order valence-corrected chi connectivity index (χ4v) is 4.53. The summed E-state index contributed by atoms with van der Waals surface area (Å²) in [5.41, 5.74) is 1.38. The van der Waals surface area contributed by atoms with Crippen molar-refractivity contribution < 1.29 is 0 Å². The van der Waals surface area contributed by atoms with Crippen LogP contribution < -0.4 is 10.6 Å². The van der Waals surface area contributed by atoms with Crippen molar-refractivity contribution >= 4 is 5.96 Å². The molecule has 2 atom stereocenters. The Hall–Kier alpha value is -1.59. The minimum Gasteiger partial charge on any atom is -0.357 e. The molecule has 0 amide bonds. The Morgan fingerprint density at radius 3 is 2.57 bits per heavy atom. The molecule has 0 saturated carbocycles. The molecule has 0 aromatic heterocycles. The molecule has 5 heteroatoms. The summed E-state index contributed by atoms with van der Waals surface area (Å²) in [6, 6.07) is 11.3. The molecule has 2 fully saturated rings. The lowest BCUT2D eigenvalue weighted by atomic mass is 9.98. The van der Waals surface area contributed by atoms with Gasteiger partial charge < -0.3 is 15.5 Å². The molecule has 156 valence electrons. The predicted octanol–water partition coefficient (Wildman–Crippen LogP) is 3.11. The average Bonchev–Trinajstić information content (AvgIpc) is 3.27. The van der Waals surface area contributed by atoms with Gasteiger partial charge in [0.25, 0.3) is 0 Å². The number of nitrogens with one attached hydrogen (secondary N) is 2. The maximum atomic E-state index is 5.00. The van der Waals surface area contributed by atoms with Crippen molar-refractivity contribution in [1.82, 2.24) is 20.4 Å². The lowest BCUT2D eigenvalue weighted by Crippen LogP contribution is -2.44. The Bertz CT molecular complexity index is 582. The summed E-state index contributed by atoms with van der Waals surface area (Å²) in [4.78, 5) is 10.2. The van der Waals surface area contributed by atoms with Crippen molar-refractivity contribution in [2.75, 3.05) is 52.4 Å². The van der Waals surface area contributed by atoms with Gasteiger partial charge in [-0.25, -0.2) is 0 Å². The zero-order chi connectivity index (χ0) is 19.6. The van der Waals surface area contributed by atoms with Crippen LogP contribution in [-0.4, -0.2) is 68.1 Å². The van der Waals surface area contributed by atoms with Gasteiger partial charge in [0, 0.05) is 19.6 Å². The van der Waals surface area contributed by atoms with Crippen LogP contribution in [0.5, 0.6) is 0 Å². The van der Waals surface area contributed by atoms with E-state index in [4.69, 9.17) is 4.99 Å². The second kappa shape index (κ2) is 11.4. The number of rotatable bonds is 8. The van der Waals surface area contributed by atoms with Crippen LogP contribution in [0.1, 0.15) is 51.1 Å². The van der Waals surface area contributed by atoms with Gasteiger partial charge in [0.15, 0.2) is 5.96 Å². The third kappa shape index (κ3) is 6.21. The summed E-state index contributed by atoms with van der Waals surface area (Å²) in [7, 11) is 0. The van der Waals surface area contributed by atoms with E-state index in [2.05, 4.69) is 64.6 Å². The third-order valence-corrected chi connectivity index (χ3v) is 6.14. The van der Waals surface area contributed by atoms with Crippen LogP contribution in [0, 0.1) is 5.92 Å². The standard InChI is InChI=1S/C23H39N5/c1-3-24-23(25-17-20-11-10-14-27(4-2)19-20)26-18-22(28-15-8-9-16-28)21-12-6-5-7-13-21/h5-7,12-13,20,22H,3-4,8-11,14-19H2,1-2H3,(H2,24,25,26). The molecule has 1 aromatic carbocycles. The van der Waals surface area contributed by atoms with E-state index in [-0.39, 0.29) is 0 Å². The van der Waals surface area contributed by atoms with Gasteiger partial charge in [0.2, 0.25) is 0 Å². The monoisotopic (exact) mass is 385 g/mol. The molecular weight excluding hydrogens is 346 g/mol. The number of benzene rings is 1. The molecular formula is C23H39N5. The van der Waals surface area contributed by atoms with Crippen LogP contribution in [0.25, 0.3) is 0 Å². The first kappa shape index (κ1) is 21.1. The topological polar surface area (TPSA) is 42.9 Å². The summed E-state index contributed by atoms with van der Waals surface area (Å²) >= 11 is 0. The highest BCUT2D eigenvalue weighted by Gasteiger charge is 2.23. The summed E-state index contributed by atoms with van der Waals surface area (Å²) < 4.78 is 0. The van der Waals surface area contributed by atoms with E-state index in [9.17, 15) is 0 Å². The normalized spacial score (nSPS) is 22.9. The van der Waals surface area contributed by atoms with Gasteiger partial charge in [-0.2, -0.15) is 0 Å². The van der Waals surface area contributed by atoms with Crippen LogP contribution in [-0.2, 0) is 0 Å². The van der Waals surface area contributed by atoms with Crippen LogP contribution in [0.15, 0.2) is 35.3 Å². The van der Waals surface area contributed by atoms with Crippen molar-refractivity contribution in [2.24, 2.45) is 10.9 Å². The molecule has 2 N–H and O–H groups in total. The van der Waals surface area contributed by atoms with E-state index < -0.39 is 0 Å². The lowest BCUT2D eigenvalue weighted by molar-refractivity contribution is 0.183. The fraction of sp³-hybridized carbons (Fsp3) is 0.696. The number of likely N-dealkylation sites (tertiary alicyclic amines) is 2.